The van der Waals surface area contributed by atoms with Crippen LogP contribution in [0, 0.1) is 11.3 Å². The number of fused-ring (bicyclic) bond motifs is 1. The lowest BCUT2D eigenvalue weighted by Crippen LogP contribution is -2.35. The Balaban J connectivity index is 1.33. The highest BCUT2D eigenvalue weighted by molar-refractivity contribution is 6.00. The van der Waals surface area contributed by atoms with Crippen LogP contribution in [0.1, 0.15) is 22.3 Å². The standard InChI is InChI=1S/C24H19N5O2/c25-15-18-6-8-19(9-7-18)22(30)16-29-14-13-28(17-29)12-10-23(31)27-21-5-1-3-20-4-2-11-26-24(20)21/h1-9,11,13-14,17H,10,12,16H2/p+1. The Hall–Kier alpha value is -4.31. The third-order valence-corrected chi connectivity index (χ3v) is 4.91. The lowest BCUT2D eigenvalue weighted by molar-refractivity contribution is -0.682. The van der Waals surface area contributed by atoms with Crippen LogP contribution in [-0.4, -0.2) is 21.2 Å². The summed E-state index contributed by atoms with van der Waals surface area (Å²) in [6, 6.07) is 18.1. The number of pyridine rings is 1. The predicted octanol–water partition coefficient (Wildman–Crippen LogP) is 3.11. The number of nitrogens with zero attached hydrogens (tertiary/aromatic N) is 4. The predicted molar refractivity (Wildman–Crippen MR) is 115 cm³/mol. The number of rotatable bonds is 7. The maximum Gasteiger partial charge on any atom is 0.244 e. The maximum absolute atomic E-state index is 12.4. The van der Waals surface area contributed by atoms with E-state index in [1.165, 1.54) is 0 Å². The quantitative estimate of drug-likeness (QED) is 0.374. The van der Waals surface area contributed by atoms with E-state index in [1.807, 2.05) is 47.2 Å². The SMILES string of the molecule is N#Cc1ccc(C(=O)C[n+]2ccn(CCC(=O)Nc3cccc4cccnc34)c2)cc1. The molecule has 152 valence electrons. The molecule has 1 amide bonds. The van der Waals surface area contributed by atoms with E-state index < -0.39 is 0 Å². The number of benzene rings is 2. The fourth-order valence-corrected chi connectivity index (χ4v) is 3.30. The summed E-state index contributed by atoms with van der Waals surface area (Å²) in [4.78, 5) is 29.2. The zero-order chi connectivity index (χ0) is 21.6. The molecule has 0 atom stereocenters. The molecule has 2 aromatic heterocycles. The highest BCUT2D eigenvalue weighted by Gasteiger charge is 2.13. The molecule has 0 saturated carbocycles. The molecule has 4 rings (SSSR count). The molecule has 0 spiro atoms. The van der Waals surface area contributed by atoms with Crippen molar-refractivity contribution >= 4 is 28.3 Å². The van der Waals surface area contributed by atoms with Crippen LogP contribution in [0.25, 0.3) is 10.9 Å². The normalized spacial score (nSPS) is 10.5. The van der Waals surface area contributed by atoms with Crippen molar-refractivity contribution in [3.05, 3.63) is 90.6 Å². The molecule has 2 aromatic carbocycles. The van der Waals surface area contributed by atoms with Crippen molar-refractivity contribution in [3.63, 3.8) is 0 Å². The van der Waals surface area contributed by atoms with Crippen molar-refractivity contribution in [2.45, 2.75) is 19.5 Å². The van der Waals surface area contributed by atoms with Crippen LogP contribution in [0.3, 0.4) is 0 Å². The Labute approximate surface area is 179 Å². The van der Waals surface area contributed by atoms with Crippen LogP contribution in [0.5, 0.6) is 0 Å². The lowest BCUT2D eigenvalue weighted by atomic mass is 10.1. The summed E-state index contributed by atoms with van der Waals surface area (Å²) in [6.45, 7) is 0.675. The molecular weight excluding hydrogens is 390 g/mol. The van der Waals surface area contributed by atoms with Gasteiger partial charge in [-0.05, 0) is 36.4 Å². The number of carbonyl (C=O) groups excluding carboxylic acids is 2. The van der Waals surface area contributed by atoms with E-state index in [4.69, 9.17) is 5.26 Å². The summed E-state index contributed by atoms with van der Waals surface area (Å²) < 4.78 is 3.64. The zero-order valence-corrected chi connectivity index (χ0v) is 16.7. The van der Waals surface area contributed by atoms with Gasteiger partial charge >= 0.3 is 0 Å². The van der Waals surface area contributed by atoms with Gasteiger partial charge in [-0.2, -0.15) is 5.26 Å². The molecule has 4 aromatic rings. The van der Waals surface area contributed by atoms with Gasteiger partial charge in [-0.25, -0.2) is 9.13 Å². The molecule has 0 radical (unpaired) electrons. The number of nitrogens with one attached hydrogen (secondary N) is 1. The van der Waals surface area contributed by atoms with Gasteiger partial charge in [-0.15, -0.1) is 0 Å². The first-order chi connectivity index (χ1) is 15.1. The Morgan fingerprint density at radius 2 is 1.90 bits per heavy atom. The molecule has 7 nitrogen and oxygen atoms in total. The molecule has 0 aliphatic rings. The Kier molecular flexibility index (Phi) is 5.81. The Bertz CT molecular complexity index is 1280. The van der Waals surface area contributed by atoms with Crippen LogP contribution in [0.2, 0.25) is 0 Å². The van der Waals surface area contributed by atoms with Gasteiger partial charge in [0.1, 0.15) is 12.4 Å². The summed E-state index contributed by atoms with van der Waals surface area (Å²) in [5.41, 5.74) is 2.53. The zero-order valence-electron chi connectivity index (χ0n) is 16.7. The average Bonchev–Trinajstić information content (AvgIpc) is 3.25. The number of carbonyl (C=O) groups is 2. The van der Waals surface area contributed by atoms with Crippen molar-refractivity contribution in [1.29, 1.82) is 5.26 Å². The number of ketones is 1. The summed E-state index contributed by atoms with van der Waals surface area (Å²) in [5, 5.41) is 12.7. The minimum Gasteiger partial charge on any atom is -0.324 e. The first-order valence-electron chi connectivity index (χ1n) is 9.84. The molecule has 7 heteroatoms. The first kappa shape index (κ1) is 20.0. The second kappa shape index (κ2) is 9.01. The average molecular weight is 410 g/mol. The van der Waals surface area contributed by atoms with Gasteiger partial charge in [0.15, 0.2) is 6.54 Å². The van der Waals surface area contributed by atoms with Crippen molar-refractivity contribution in [1.82, 2.24) is 9.55 Å². The molecule has 1 N–H and O–H groups in total. The summed E-state index contributed by atoms with van der Waals surface area (Å²) >= 11 is 0. The minimum atomic E-state index is -0.105. The van der Waals surface area contributed by atoms with Crippen molar-refractivity contribution < 1.29 is 14.2 Å². The highest BCUT2D eigenvalue weighted by Crippen LogP contribution is 2.20. The monoisotopic (exact) mass is 410 g/mol. The van der Waals surface area contributed by atoms with Crippen LogP contribution >= 0.6 is 0 Å². The van der Waals surface area contributed by atoms with E-state index in [0.29, 0.717) is 29.8 Å². The van der Waals surface area contributed by atoms with Crippen LogP contribution < -0.4 is 9.88 Å². The molecule has 2 heterocycles. The van der Waals surface area contributed by atoms with E-state index in [2.05, 4.69) is 10.3 Å². The van der Waals surface area contributed by atoms with Crippen molar-refractivity contribution in [3.8, 4) is 6.07 Å². The molecule has 31 heavy (non-hydrogen) atoms. The number of aromatic nitrogens is 3. The molecule has 0 aliphatic heterocycles. The largest absolute Gasteiger partial charge is 0.324 e. The fraction of sp³-hybridized carbons (Fsp3) is 0.125. The van der Waals surface area contributed by atoms with E-state index in [0.717, 1.165) is 10.9 Å². The summed E-state index contributed by atoms with van der Waals surface area (Å²) in [5.74, 6) is -0.152. The van der Waals surface area contributed by atoms with Gasteiger partial charge in [-0.1, -0.05) is 18.2 Å². The van der Waals surface area contributed by atoms with Crippen LogP contribution in [-0.2, 0) is 17.9 Å². The number of Topliss-reactive ketones (excluding diaryl/α,β-unsaturated/α-hetero) is 1. The minimum absolute atomic E-state index is 0.0477. The van der Waals surface area contributed by atoms with E-state index in [-0.39, 0.29) is 18.2 Å². The number of anilines is 1. The highest BCUT2D eigenvalue weighted by atomic mass is 16.1. The Morgan fingerprint density at radius 1 is 1.10 bits per heavy atom. The number of para-hydroxylation sites is 1. The first-order valence-corrected chi connectivity index (χ1v) is 9.84. The molecule has 0 aliphatic carbocycles. The summed E-state index contributed by atoms with van der Waals surface area (Å²) in [7, 11) is 0. The van der Waals surface area contributed by atoms with Gasteiger partial charge in [0.2, 0.25) is 18.0 Å². The topological polar surface area (TPSA) is 91.7 Å². The third-order valence-electron chi connectivity index (χ3n) is 4.91. The van der Waals surface area contributed by atoms with Gasteiger partial charge < -0.3 is 5.32 Å². The fourth-order valence-electron chi connectivity index (χ4n) is 3.30. The second-order valence-electron chi connectivity index (χ2n) is 7.11. The number of imidazole rings is 1. The number of aryl methyl sites for hydroxylation is 1. The molecule has 0 fully saturated rings. The molecule has 0 saturated heterocycles. The summed E-state index contributed by atoms with van der Waals surface area (Å²) in [6.07, 6.45) is 7.43. The smallest absolute Gasteiger partial charge is 0.244 e. The van der Waals surface area contributed by atoms with Crippen LogP contribution in [0.4, 0.5) is 5.69 Å². The number of hydrogen-bond acceptors (Lipinski definition) is 4. The Morgan fingerprint density at radius 3 is 2.71 bits per heavy atom. The van der Waals surface area contributed by atoms with E-state index in [9.17, 15) is 9.59 Å². The van der Waals surface area contributed by atoms with Gasteiger partial charge in [0, 0.05) is 17.1 Å². The molecular formula is C24H20N5O2+. The number of nitriles is 1. The molecule has 0 unspecified atom stereocenters. The van der Waals surface area contributed by atoms with Gasteiger partial charge in [0.05, 0.1) is 35.8 Å². The number of amides is 1. The van der Waals surface area contributed by atoms with Gasteiger partial charge in [0.25, 0.3) is 0 Å². The van der Waals surface area contributed by atoms with Crippen molar-refractivity contribution in [2.75, 3.05) is 5.32 Å². The number of hydrogen-bond donors (Lipinski definition) is 1. The van der Waals surface area contributed by atoms with E-state index in [1.54, 1.807) is 47.6 Å². The van der Waals surface area contributed by atoms with Gasteiger partial charge in [-0.3, -0.25) is 14.6 Å². The third kappa shape index (κ3) is 4.82. The van der Waals surface area contributed by atoms with E-state index >= 15 is 0 Å². The van der Waals surface area contributed by atoms with Crippen LogP contribution in [0.15, 0.2) is 79.5 Å². The second-order valence-corrected chi connectivity index (χ2v) is 7.11. The lowest BCUT2D eigenvalue weighted by Gasteiger charge is -2.07. The molecule has 0 bridgehead atoms. The van der Waals surface area contributed by atoms with Crippen molar-refractivity contribution in [2.24, 2.45) is 0 Å². The maximum atomic E-state index is 12.4.